The first kappa shape index (κ1) is 25.9. The largest absolute Gasteiger partial charge is 0.483 e. The Morgan fingerprint density at radius 2 is 1.79 bits per heavy atom. The van der Waals surface area contributed by atoms with Crippen LogP contribution in [0.15, 0.2) is 42.5 Å². The van der Waals surface area contributed by atoms with Crippen molar-refractivity contribution in [1.82, 2.24) is 14.5 Å². The average Bonchev–Trinajstić information content (AvgIpc) is 2.75. The summed E-state index contributed by atoms with van der Waals surface area (Å²) in [6.45, 7) is 5.39. The van der Waals surface area contributed by atoms with E-state index in [1.807, 2.05) is 18.6 Å². The highest BCUT2D eigenvalue weighted by molar-refractivity contribution is 7.89. The Labute approximate surface area is 203 Å². The maximum absolute atomic E-state index is 13.2. The molecule has 1 fully saturated rings. The zero-order chi connectivity index (χ0) is 25.0. The minimum absolute atomic E-state index is 0.0505. The summed E-state index contributed by atoms with van der Waals surface area (Å²) in [6, 6.07) is 10.5. The summed E-state index contributed by atoms with van der Waals surface area (Å²) in [4.78, 5) is 29.2. The van der Waals surface area contributed by atoms with Crippen LogP contribution < -0.4 is 9.46 Å². The number of sulfonamides is 1. The van der Waals surface area contributed by atoms with Gasteiger partial charge in [0, 0.05) is 36.7 Å². The third kappa shape index (κ3) is 6.91. The molecule has 0 bridgehead atoms. The smallest absolute Gasteiger partial charge is 0.268 e. The van der Waals surface area contributed by atoms with Gasteiger partial charge in [0.05, 0.1) is 11.8 Å². The lowest BCUT2D eigenvalue weighted by Crippen LogP contribution is -2.58. The molecule has 184 valence electrons. The maximum Gasteiger partial charge on any atom is 0.268 e. The summed E-state index contributed by atoms with van der Waals surface area (Å²) >= 11 is 5.95. The van der Waals surface area contributed by atoms with Crippen molar-refractivity contribution in [3.63, 3.8) is 0 Å². The summed E-state index contributed by atoms with van der Waals surface area (Å²) in [7, 11) is -3.79. The first-order valence-corrected chi connectivity index (χ1v) is 12.9. The van der Waals surface area contributed by atoms with Crippen LogP contribution in [0.4, 0.5) is 4.39 Å². The van der Waals surface area contributed by atoms with E-state index in [9.17, 15) is 22.4 Å². The highest BCUT2D eigenvalue weighted by Gasteiger charge is 2.32. The lowest BCUT2D eigenvalue weighted by atomic mass is 10.1. The number of halogens is 2. The molecule has 0 saturated carbocycles. The van der Waals surface area contributed by atoms with Crippen molar-refractivity contribution in [1.29, 1.82) is 0 Å². The standard InChI is InChI=1S/C23H27ClFN3O5S/c1-15-12-28(16(2)11-27(15)13-17-4-7-19(25)8-5-17)22(29)14-33-21-9-6-18(24)10-20(21)23(30)26-34(3,31)32/h4-10,15-16H,11-14H2,1-3H3,(H,26,30). The van der Waals surface area contributed by atoms with E-state index in [1.54, 1.807) is 17.0 Å². The van der Waals surface area contributed by atoms with E-state index in [2.05, 4.69) is 4.90 Å². The molecule has 34 heavy (non-hydrogen) atoms. The summed E-state index contributed by atoms with van der Waals surface area (Å²) in [5.74, 6) is -1.39. The average molecular weight is 512 g/mol. The van der Waals surface area contributed by atoms with Crippen LogP contribution in [0.1, 0.15) is 29.8 Å². The zero-order valence-corrected chi connectivity index (χ0v) is 20.7. The van der Waals surface area contributed by atoms with Crippen LogP contribution in [0, 0.1) is 5.82 Å². The number of benzene rings is 2. The zero-order valence-electron chi connectivity index (χ0n) is 19.1. The fraction of sp³-hybridized carbons (Fsp3) is 0.391. The lowest BCUT2D eigenvalue weighted by molar-refractivity contribution is -0.139. The molecule has 2 aromatic rings. The van der Waals surface area contributed by atoms with Crippen LogP contribution in [-0.2, 0) is 21.4 Å². The second-order valence-corrected chi connectivity index (χ2v) is 10.6. The van der Waals surface area contributed by atoms with Crippen molar-refractivity contribution in [2.75, 3.05) is 26.0 Å². The monoisotopic (exact) mass is 511 g/mol. The number of carbonyl (C=O) groups is 2. The van der Waals surface area contributed by atoms with Crippen molar-refractivity contribution in [2.24, 2.45) is 0 Å². The first-order valence-electron chi connectivity index (χ1n) is 10.7. The Balaban J connectivity index is 1.63. The van der Waals surface area contributed by atoms with E-state index in [0.717, 1.165) is 11.8 Å². The van der Waals surface area contributed by atoms with Crippen molar-refractivity contribution in [3.05, 3.63) is 64.4 Å². The lowest BCUT2D eigenvalue weighted by Gasteiger charge is -2.44. The Morgan fingerprint density at radius 1 is 1.12 bits per heavy atom. The highest BCUT2D eigenvalue weighted by atomic mass is 35.5. The van der Waals surface area contributed by atoms with Gasteiger partial charge in [-0.05, 0) is 49.7 Å². The molecule has 0 aliphatic carbocycles. The quantitative estimate of drug-likeness (QED) is 0.614. The Bertz CT molecular complexity index is 1160. The molecular formula is C23H27ClFN3O5S. The van der Waals surface area contributed by atoms with Crippen LogP contribution in [0.2, 0.25) is 5.02 Å². The van der Waals surface area contributed by atoms with Gasteiger partial charge in [0.1, 0.15) is 11.6 Å². The third-order valence-electron chi connectivity index (χ3n) is 5.55. The van der Waals surface area contributed by atoms with Gasteiger partial charge in [-0.25, -0.2) is 17.5 Å². The number of nitrogens with zero attached hydrogens (tertiary/aromatic N) is 2. The molecule has 2 unspecified atom stereocenters. The van der Waals surface area contributed by atoms with Gasteiger partial charge in [0.2, 0.25) is 10.0 Å². The molecule has 1 heterocycles. The fourth-order valence-electron chi connectivity index (χ4n) is 3.84. The van der Waals surface area contributed by atoms with Crippen molar-refractivity contribution in [2.45, 2.75) is 32.5 Å². The predicted molar refractivity (Wildman–Crippen MR) is 127 cm³/mol. The van der Waals surface area contributed by atoms with Crippen LogP contribution in [0.25, 0.3) is 0 Å². The van der Waals surface area contributed by atoms with E-state index >= 15 is 0 Å². The number of carbonyl (C=O) groups excluding carboxylic acids is 2. The molecule has 3 rings (SSSR count). The Hall–Kier alpha value is -2.69. The van der Waals surface area contributed by atoms with E-state index in [0.29, 0.717) is 19.6 Å². The Kier molecular flexibility index (Phi) is 8.17. The summed E-state index contributed by atoms with van der Waals surface area (Å²) < 4.78 is 43.5. The van der Waals surface area contributed by atoms with Crippen LogP contribution in [0.5, 0.6) is 5.75 Å². The number of hydrogen-bond donors (Lipinski definition) is 1. The minimum Gasteiger partial charge on any atom is -0.483 e. The van der Waals surface area contributed by atoms with Gasteiger partial charge in [-0.1, -0.05) is 23.7 Å². The summed E-state index contributed by atoms with van der Waals surface area (Å²) in [6.07, 6.45) is 0.859. The molecule has 2 amide bonds. The van der Waals surface area contributed by atoms with Crippen LogP contribution in [0.3, 0.4) is 0 Å². The molecule has 8 nitrogen and oxygen atoms in total. The molecule has 11 heteroatoms. The third-order valence-corrected chi connectivity index (χ3v) is 6.34. The van der Waals surface area contributed by atoms with Gasteiger partial charge in [-0.3, -0.25) is 14.5 Å². The molecule has 1 saturated heterocycles. The normalized spacial score (nSPS) is 19.0. The maximum atomic E-state index is 13.2. The number of rotatable bonds is 7. The van der Waals surface area contributed by atoms with Crippen molar-refractivity contribution < 1.29 is 27.1 Å². The molecule has 0 aromatic heterocycles. The molecule has 1 aliphatic rings. The first-order chi connectivity index (χ1) is 15.9. The second kappa shape index (κ2) is 10.7. The molecule has 0 radical (unpaired) electrons. The SMILES string of the molecule is CC1CN(C(=O)COc2ccc(Cl)cc2C(=O)NS(C)(=O)=O)C(C)CN1Cc1ccc(F)cc1. The molecule has 2 aromatic carbocycles. The number of ether oxygens (including phenoxy) is 1. The number of hydrogen-bond acceptors (Lipinski definition) is 6. The van der Waals surface area contributed by atoms with Gasteiger partial charge in [-0.2, -0.15) is 0 Å². The topological polar surface area (TPSA) is 96.0 Å². The second-order valence-electron chi connectivity index (χ2n) is 8.43. The molecule has 1 N–H and O–H groups in total. The van der Waals surface area contributed by atoms with E-state index in [-0.39, 0.29) is 46.8 Å². The molecule has 2 atom stereocenters. The van der Waals surface area contributed by atoms with E-state index < -0.39 is 15.9 Å². The van der Waals surface area contributed by atoms with Gasteiger partial charge in [0.25, 0.3) is 11.8 Å². The van der Waals surface area contributed by atoms with E-state index in [4.69, 9.17) is 16.3 Å². The van der Waals surface area contributed by atoms with Crippen molar-refractivity contribution >= 4 is 33.4 Å². The predicted octanol–water partition coefficient (Wildman–Crippen LogP) is 2.67. The molecule has 0 spiro atoms. The molecule has 1 aliphatic heterocycles. The Morgan fingerprint density at radius 3 is 2.44 bits per heavy atom. The highest BCUT2D eigenvalue weighted by Crippen LogP contribution is 2.24. The van der Waals surface area contributed by atoms with E-state index in [1.165, 1.54) is 30.3 Å². The number of nitrogens with one attached hydrogen (secondary N) is 1. The van der Waals surface area contributed by atoms with Crippen molar-refractivity contribution in [3.8, 4) is 5.75 Å². The summed E-state index contributed by atoms with van der Waals surface area (Å²) in [5.41, 5.74) is 0.905. The fourth-order valence-corrected chi connectivity index (χ4v) is 4.46. The van der Waals surface area contributed by atoms with Crippen LogP contribution >= 0.6 is 11.6 Å². The van der Waals surface area contributed by atoms with Gasteiger partial charge >= 0.3 is 0 Å². The van der Waals surface area contributed by atoms with Gasteiger partial charge in [-0.15, -0.1) is 0 Å². The number of piperazine rings is 1. The summed E-state index contributed by atoms with van der Waals surface area (Å²) in [5, 5.41) is 0.219. The van der Waals surface area contributed by atoms with Gasteiger partial charge < -0.3 is 9.64 Å². The number of amides is 2. The van der Waals surface area contributed by atoms with Crippen LogP contribution in [-0.4, -0.2) is 68.1 Å². The minimum atomic E-state index is -3.79. The molecular weight excluding hydrogens is 485 g/mol. The van der Waals surface area contributed by atoms with Gasteiger partial charge in [0.15, 0.2) is 6.61 Å².